The van der Waals surface area contributed by atoms with E-state index >= 15 is 0 Å². The molecular formula is C54H86N8O12S. The number of ketones is 3. The van der Waals surface area contributed by atoms with Gasteiger partial charge in [0.15, 0.2) is 17.3 Å². The van der Waals surface area contributed by atoms with Crippen molar-refractivity contribution in [2.75, 3.05) is 38.5 Å². The first kappa shape index (κ1) is 63.9. The minimum absolute atomic E-state index is 0.00360. The normalized spacial score (nSPS) is 18.1. The van der Waals surface area contributed by atoms with Crippen LogP contribution in [0.15, 0.2) is 24.3 Å². The Labute approximate surface area is 448 Å². The highest BCUT2D eigenvalue weighted by Gasteiger charge is 2.43. The van der Waals surface area contributed by atoms with Crippen LogP contribution in [0.3, 0.4) is 0 Å². The summed E-state index contributed by atoms with van der Waals surface area (Å²) < 4.78 is 0. The molecule has 0 radical (unpaired) electrons. The fourth-order valence-corrected chi connectivity index (χ4v) is 10.3. The molecule has 21 heteroatoms. The molecule has 0 unspecified atom stereocenters. The lowest BCUT2D eigenvalue weighted by molar-refractivity contribution is -0.145. The van der Waals surface area contributed by atoms with E-state index in [1.807, 2.05) is 13.8 Å². The molecule has 0 saturated carbocycles. The third-order valence-corrected chi connectivity index (χ3v) is 14.2. The van der Waals surface area contributed by atoms with Gasteiger partial charge in [-0.2, -0.15) is 12.6 Å². The molecule has 3 rings (SSSR count). The number of amides is 6. The summed E-state index contributed by atoms with van der Waals surface area (Å²) >= 11 is 4.07. The summed E-state index contributed by atoms with van der Waals surface area (Å²) in [5.74, 6) is -7.58. The maximum Gasteiger partial charge on any atom is 0.306 e. The van der Waals surface area contributed by atoms with Gasteiger partial charge in [0.05, 0.1) is 24.0 Å². The van der Waals surface area contributed by atoms with Gasteiger partial charge >= 0.3 is 5.97 Å². The van der Waals surface area contributed by atoms with Crippen molar-refractivity contribution in [3.8, 4) is 5.75 Å². The van der Waals surface area contributed by atoms with Crippen molar-refractivity contribution in [3.05, 3.63) is 29.8 Å². The van der Waals surface area contributed by atoms with Crippen LogP contribution in [-0.4, -0.2) is 147 Å². The number of aromatic hydroxyl groups is 1. The minimum Gasteiger partial charge on any atom is -0.508 e. The number of carbonyl (C=O) groups is 10. The number of phenolic OH excluding ortho intramolecular Hbond substituents is 1. The third kappa shape index (κ3) is 20.9. The van der Waals surface area contributed by atoms with Crippen LogP contribution < -0.4 is 32.7 Å². The van der Waals surface area contributed by atoms with E-state index in [-0.39, 0.29) is 102 Å². The SMILES string of the molecule is CC(=O)N[C@@H](CCCCNC(=O)CCS)C(=O)N1CCC[C@H]1C(=O)N[C@H](CCCN)C(=O)C[C@@H](CCN)C(=O)N1CCC[C@H]1C(=O)C[C@@H](Cc1ccc(O)cc1)C(=O)N[C@H](C(=O)C[C@@H](CC(C)C)C(=O)O)C(C)(C)C. The van der Waals surface area contributed by atoms with Gasteiger partial charge in [-0.1, -0.05) is 46.8 Å². The third-order valence-electron chi connectivity index (χ3n) is 14.0. The number of unbranched alkanes of at least 4 members (excludes halogenated alkanes) is 1. The van der Waals surface area contributed by atoms with Gasteiger partial charge in [-0.3, -0.25) is 47.9 Å². The lowest BCUT2D eigenvalue weighted by Gasteiger charge is -2.33. The van der Waals surface area contributed by atoms with Crippen LogP contribution in [-0.2, 0) is 54.4 Å². The number of nitrogens with zero attached hydrogens (tertiary/aromatic N) is 2. The Bertz CT molecular complexity index is 2120. The van der Waals surface area contributed by atoms with Crippen molar-refractivity contribution >= 4 is 71.4 Å². The summed E-state index contributed by atoms with van der Waals surface area (Å²) in [5, 5.41) is 31.1. The molecule has 6 amide bonds. The van der Waals surface area contributed by atoms with E-state index in [2.05, 4.69) is 33.9 Å². The first-order valence-corrected chi connectivity index (χ1v) is 27.4. The number of phenols is 1. The smallest absolute Gasteiger partial charge is 0.306 e. The van der Waals surface area contributed by atoms with Crippen LogP contribution in [0.25, 0.3) is 0 Å². The van der Waals surface area contributed by atoms with Crippen molar-refractivity contribution in [1.29, 1.82) is 0 Å². The Balaban J connectivity index is 1.81. The van der Waals surface area contributed by atoms with Gasteiger partial charge in [0.2, 0.25) is 35.4 Å². The largest absolute Gasteiger partial charge is 0.508 e. The second kappa shape index (κ2) is 31.6. The second-order valence-electron chi connectivity index (χ2n) is 21.8. The van der Waals surface area contributed by atoms with Crippen molar-refractivity contribution < 1.29 is 58.2 Å². The van der Waals surface area contributed by atoms with E-state index in [4.69, 9.17) is 11.5 Å². The quantitative estimate of drug-likeness (QED) is 0.0361. The molecule has 1 aromatic rings. The zero-order valence-electron chi connectivity index (χ0n) is 45.0. The summed E-state index contributed by atoms with van der Waals surface area (Å²) in [6.45, 7) is 11.4. The van der Waals surface area contributed by atoms with Crippen LogP contribution >= 0.6 is 12.6 Å². The summed E-state index contributed by atoms with van der Waals surface area (Å²) in [5.41, 5.74) is 11.7. The Morgan fingerprint density at radius 2 is 1.35 bits per heavy atom. The molecule has 0 aromatic heterocycles. The molecule has 2 fully saturated rings. The number of carbonyl (C=O) groups excluding carboxylic acids is 9. The fourth-order valence-electron chi connectivity index (χ4n) is 10.1. The fraction of sp³-hybridized carbons (Fsp3) is 0.704. The van der Waals surface area contributed by atoms with Crippen LogP contribution in [0.1, 0.15) is 143 Å². The number of hydrogen-bond donors (Lipinski definition) is 9. The van der Waals surface area contributed by atoms with Crippen molar-refractivity contribution in [1.82, 2.24) is 31.1 Å². The number of aliphatic carboxylic acids is 1. The van der Waals surface area contributed by atoms with Crippen molar-refractivity contribution in [3.63, 3.8) is 0 Å². The monoisotopic (exact) mass is 1070 g/mol. The number of nitrogens with one attached hydrogen (secondary N) is 4. The molecule has 10 N–H and O–H groups in total. The summed E-state index contributed by atoms with van der Waals surface area (Å²) in [4.78, 5) is 138. The van der Waals surface area contributed by atoms with E-state index in [1.54, 1.807) is 32.9 Å². The number of hydrogen-bond acceptors (Lipinski definition) is 14. The number of likely N-dealkylation sites (tertiary alicyclic amines) is 2. The number of Topliss-reactive ketones (excluding diaryl/α,β-unsaturated/α-hetero) is 3. The summed E-state index contributed by atoms with van der Waals surface area (Å²) in [6.07, 6.45) is 3.15. The lowest BCUT2D eigenvalue weighted by atomic mass is 9.80. The highest BCUT2D eigenvalue weighted by atomic mass is 32.1. The molecule has 1 aromatic carbocycles. The molecule has 8 atom stereocenters. The number of benzene rings is 1. The zero-order valence-corrected chi connectivity index (χ0v) is 45.9. The first-order chi connectivity index (χ1) is 35.4. The van der Waals surface area contributed by atoms with Crippen LogP contribution in [0.2, 0.25) is 0 Å². The Kier molecular flexibility index (Phi) is 26.9. The van der Waals surface area contributed by atoms with Crippen molar-refractivity contribution in [2.45, 2.75) is 174 Å². The molecule has 420 valence electrons. The molecule has 2 heterocycles. The topological polar surface area (TPSA) is 318 Å². The summed E-state index contributed by atoms with van der Waals surface area (Å²) in [6, 6.07) is 1.19. The molecule has 0 spiro atoms. The molecule has 0 aliphatic carbocycles. The van der Waals surface area contributed by atoms with E-state index in [0.717, 1.165) is 0 Å². The first-order valence-electron chi connectivity index (χ1n) is 26.8. The van der Waals surface area contributed by atoms with Gasteiger partial charge in [-0.15, -0.1) is 0 Å². The van der Waals surface area contributed by atoms with Crippen LogP contribution in [0.4, 0.5) is 0 Å². The second-order valence-corrected chi connectivity index (χ2v) is 22.2. The Morgan fingerprint density at radius 3 is 1.92 bits per heavy atom. The number of rotatable bonds is 33. The predicted molar refractivity (Wildman–Crippen MR) is 286 cm³/mol. The van der Waals surface area contributed by atoms with E-state index in [1.165, 1.54) is 28.9 Å². The highest BCUT2D eigenvalue weighted by molar-refractivity contribution is 7.80. The molecule has 20 nitrogen and oxygen atoms in total. The van der Waals surface area contributed by atoms with Crippen LogP contribution in [0, 0.1) is 29.1 Å². The average molecular weight is 1070 g/mol. The van der Waals surface area contributed by atoms with Gasteiger partial charge in [-0.25, -0.2) is 0 Å². The lowest BCUT2D eigenvalue weighted by Crippen LogP contribution is -2.55. The van der Waals surface area contributed by atoms with E-state index < -0.39 is 106 Å². The van der Waals surface area contributed by atoms with Gasteiger partial charge in [0, 0.05) is 64.1 Å². The average Bonchev–Trinajstić information content (AvgIpc) is 4.05. The maximum atomic E-state index is 14.5. The molecule has 2 aliphatic rings. The molecular weight excluding hydrogens is 985 g/mol. The predicted octanol–water partition coefficient (Wildman–Crippen LogP) is 2.99. The molecule has 75 heavy (non-hydrogen) atoms. The standard InChI is InChI=1S/C54H86N8O12S/c1-33(2)28-38(53(73)74)32-46(67)48(54(4,5)6)60-49(69)37(29-35-16-18-39(64)19-17-35)31-45(66)42-14-10-25-61(42)51(71)36(20-23-56)30-44(65)40(13-9-22-55)59-50(70)43-15-11-26-62(43)52(72)41(58-34(3)63)12-7-8-24-57-47(68)21-27-75/h16-19,33,36-38,40-43,48,64,75H,7-15,20-32,55-56H2,1-6H3,(H,57,68)(H,58,63)(H,59,70)(H,60,69)(H,73,74)/t36-,37-,38-,40-,41+,42+,43+,48-/m1/s1. The van der Waals surface area contributed by atoms with Gasteiger partial charge in [0.25, 0.3) is 0 Å². The van der Waals surface area contributed by atoms with Gasteiger partial charge in [-0.05, 0) is 125 Å². The molecule has 0 bridgehead atoms. The minimum atomic E-state index is -1.11. The van der Waals surface area contributed by atoms with E-state index in [9.17, 15) is 58.2 Å². The Morgan fingerprint density at radius 1 is 0.733 bits per heavy atom. The van der Waals surface area contributed by atoms with Gasteiger partial charge < -0.3 is 52.7 Å². The van der Waals surface area contributed by atoms with Crippen LogP contribution in [0.5, 0.6) is 5.75 Å². The number of nitrogens with two attached hydrogens (primary N) is 2. The van der Waals surface area contributed by atoms with Gasteiger partial charge in [0.1, 0.15) is 17.8 Å². The number of carboxylic acid groups (broad SMARTS) is 1. The summed E-state index contributed by atoms with van der Waals surface area (Å²) in [7, 11) is 0. The zero-order chi connectivity index (χ0) is 56.0. The van der Waals surface area contributed by atoms with E-state index in [0.29, 0.717) is 62.8 Å². The highest BCUT2D eigenvalue weighted by Crippen LogP contribution is 2.30. The van der Waals surface area contributed by atoms with Crippen molar-refractivity contribution in [2.24, 2.45) is 40.6 Å². The Hall–Kier alpha value is -5.41. The molecule has 2 saturated heterocycles. The molecule has 2 aliphatic heterocycles. The maximum absolute atomic E-state index is 14.5. The number of thiol groups is 1. The number of carboxylic acids is 1.